The van der Waals surface area contributed by atoms with E-state index in [0.717, 1.165) is 37.5 Å². The average Bonchev–Trinajstić information content (AvgIpc) is 2.57. The highest BCUT2D eigenvalue weighted by atomic mass is 16.4. The summed E-state index contributed by atoms with van der Waals surface area (Å²) >= 11 is 0. The lowest BCUT2D eigenvalue weighted by Crippen LogP contribution is -2.40. The van der Waals surface area contributed by atoms with E-state index in [0.29, 0.717) is 12.1 Å². The number of carbonyl (C=O) groups excluding carboxylic acids is 1. The van der Waals surface area contributed by atoms with Crippen molar-refractivity contribution in [2.75, 3.05) is 6.54 Å². The summed E-state index contributed by atoms with van der Waals surface area (Å²) in [6.07, 6.45) is 12.8. The molecule has 0 radical (unpaired) electrons. The largest absolute Gasteiger partial charge is 0.478 e. The second-order valence-corrected chi connectivity index (χ2v) is 9.56. The van der Waals surface area contributed by atoms with Crippen molar-refractivity contribution < 1.29 is 14.7 Å². The van der Waals surface area contributed by atoms with Gasteiger partial charge in [-0.25, -0.2) is 4.79 Å². The first-order valence-electron chi connectivity index (χ1n) is 10.1. The maximum atomic E-state index is 13.0. The molecule has 0 unspecified atom stereocenters. The molecule has 0 aromatic heterocycles. The minimum atomic E-state index is -1.00. The van der Waals surface area contributed by atoms with Crippen LogP contribution in [0.25, 0.3) is 0 Å². The molecule has 1 N–H and O–H groups in total. The highest BCUT2D eigenvalue weighted by molar-refractivity contribution is 5.91. The third-order valence-electron chi connectivity index (χ3n) is 5.95. The van der Waals surface area contributed by atoms with Crippen LogP contribution in [0.3, 0.4) is 0 Å². The standard InChI is InChI=1S/C24H31NO3/c1-16(13-21(27)28)8-9-20(26)25-12-6-7-19-22(25)18-10-11-23(2,3)14-17(18)15-24(19,4)5/h8-11,13H,6-7,12,14-15H2,1-5H3,(H,27,28)/b9-8+,16-13+. The number of amides is 1. The Hall–Kier alpha value is -2.36. The summed E-state index contributed by atoms with van der Waals surface area (Å²) in [5.74, 6) is -1.08. The number of hydrogen-bond acceptors (Lipinski definition) is 2. The van der Waals surface area contributed by atoms with E-state index >= 15 is 0 Å². The van der Waals surface area contributed by atoms with Gasteiger partial charge in [0.25, 0.3) is 5.91 Å². The number of nitrogens with zero attached hydrogens (tertiary/aromatic N) is 1. The molecule has 0 spiro atoms. The van der Waals surface area contributed by atoms with Crippen molar-refractivity contribution in [2.45, 2.75) is 60.3 Å². The Bertz CT molecular complexity index is 862. The van der Waals surface area contributed by atoms with Crippen LogP contribution in [0, 0.1) is 10.8 Å². The SMILES string of the molecule is CC(/C=C/C(=O)N1CCCC2=C1C1=C(CC(C)(C)C=C1)CC2(C)C)=C\C(=O)O. The predicted molar refractivity (Wildman–Crippen MR) is 111 cm³/mol. The van der Waals surface area contributed by atoms with E-state index in [2.05, 4.69) is 39.8 Å². The fraction of sp³-hybridized carbons (Fsp3) is 0.500. The van der Waals surface area contributed by atoms with Crippen molar-refractivity contribution in [3.05, 3.63) is 58.4 Å². The van der Waals surface area contributed by atoms with Gasteiger partial charge in [0.1, 0.15) is 0 Å². The summed E-state index contributed by atoms with van der Waals surface area (Å²) in [5.41, 5.74) is 5.90. The molecule has 0 saturated carbocycles. The maximum absolute atomic E-state index is 13.0. The maximum Gasteiger partial charge on any atom is 0.328 e. The van der Waals surface area contributed by atoms with E-state index in [9.17, 15) is 9.59 Å². The van der Waals surface area contributed by atoms with Crippen molar-refractivity contribution in [3.8, 4) is 0 Å². The topological polar surface area (TPSA) is 57.6 Å². The smallest absolute Gasteiger partial charge is 0.328 e. The van der Waals surface area contributed by atoms with Crippen LogP contribution in [-0.2, 0) is 9.59 Å². The summed E-state index contributed by atoms with van der Waals surface area (Å²) < 4.78 is 0. The lowest BCUT2D eigenvalue weighted by Gasteiger charge is -2.46. The second kappa shape index (κ2) is 7.23. The fourth-order valence-corrected chi connectivity index (χ4v) is 4.71. The Kier molecular flexibility index (Phi) is 5.26. The van der Waals surface area contributed by atoms with Gasteiger partial charge >= 0.3 is 5.97 Å². The van der Waals surface area contributed by atoms with Gasteiger partial charge in [-0.3, -0.25) is 4.79 Å². The molecular weight excluding hydrogens is 350 g/mol. The second-order valence-electron chi connectivity index (χ2n) is 9.56. The van der Waals surface area contributed by atoms with Gasteiger partial charge in [-0.1, -0.05) is 51.5 Å². The molecule has 0 saturated heterocycles. The molecule has 0 aromatic carbocycles. The van der Waals surface area contributed by atoms with Crippen LogP contribution in [0.15, 0.2) is 58.4 Å². The third kappa shape index (κ3) is 4.06. The Labute approximate surface area is 168 Å². The van der Waals surface area contributed by atoms with Gasteiger partial charge < -0.3 is 10.0 Å². The Morgan fingerprint density at radius 2 is 1.86 bits per heavy atom. The number of carboxylic acid groups (broad SMARTS) is 1. The summed E-state index contributed by atoms with van der Waals surface area (Å²) in [7, 11) is 0. The normalized spacial score (nSPS) is 23.8. The van der Waals surface area contributed by atoms with E-state index in [1.807, 2.05) is 4.90 Å². The molecule has 150 valence electrons. The van der Waals surface area contributed by atoms with Gasteiger partial charge in [-0.2, -0.15) is 0 Å². The molecule has 3 aliphatic rings. The first-order chi connectivity index (χ1) is 13.0. The van der Waals surface area contributed by atoms with Gasteiger partial charge in [0.15, 0.2) is 0 Å². The van der Waals surface area contributed by atoms with Gasteiger partial charge in [-0.05, 0) is 60.2 Å². The number of carboxylic acids is 1. The molecule has 0 aromatic rings. The average molecular weight is 382 g/mol. The molecule has 1 aliphatic heterocycles. The predicted octanol–water partition coefficient (Wildman–Crippen LogP) is 5.16. The molecule has 0 fully saturated rings. The first kappa shape index (κ1) is 20.4. The highest BCUT2D eigenvalue weighted by Gasteiger charge is 2.40. The number of rotatable bonds is 3. The molecule has 4 heteroatoms. The Balaban J connectivity index is 1.99. The zero-order valence-corrected chi connectivity index (χ0v) is 17.6. The van der Waals surface area contributed by atoms with Crippen LogP contribution in [0.5, 0.6) is 0 Å². The lowest BCUT2D eigenvalue weighted by atomic mass is 9.64. The minimum Gasteiger partial charge on any atom is -0.478 e. The Morgan fingerprint density at radius 1 is 1.14 bits per heavy atom. The highest BCUT2D eigenvalue weighted by Crippen LogP contribution is 2.52. The number of allylic oxidation sites excluding steroid dienone is 6. The van der Waals surface area contributed by atoms with E-state index in [4.69, 9.17) is 5.11 Å². The van der Waals surface area contributed by atoms with E-state index in [1.165, 1.54) is 22.8 Å². The van der Waals surface area contributed by atoms with Gasteiger partial charge in [0.2, 0.25) is 0 Å². The molecule has 0 bridgehead atoms. The molecule has 3 rings (SSSR count). The number of carbonyl (C=O) groups is 2. The van der Waals surface area contributed by atoms with Crippen LogP contribution in [0.4, 0.5) is 0 Å². The van der Waals surface area contributed by atoms with E-state index in [-0.39, 0.29) is 16.7 Å². The number of hydrogen-bond donors (Lipinski definition) is 1. The van der Waals surface area contributed by atoms with Gasteiger partial charge in [-0.15, -0.1) is 0 Å². The van der Waals surface area contributed by atoms with Crippen LogP contribution in [0.1, 0.15) is 60.3 Å². The molecule has 28 heavy (non-hydrogen) atoms. The number of aliphatic carboxylic acids is 1. The zero-order chi connectivity index (χ0) is 20.7. The summed E-state index contributed by atoms with van der Waals surface area (Å²) in [6, 6.07) is 0. The molecule has 2 aliphatic carbocycles. The number of fused-ring (bicyclic) bond motifs is 1. The van der Waals surface area contributed by atoms with Crippen LogP contribution < -0.4 is 0 Å². The van der Waals surface area contributed by atoms with Crippen molar-refractivity contribution in [1.82, 2.24) is 4.90 Å². The van der Waals surface area contributed by atoms with Crippen LogP contribution >= 0.6 is 0 Å². The first-order valence-corrected chi connectivity index (χ1v) is 10.1. The Morgan fingerprint density at radius 3 is 2.54 bits per heavy atom. The third-order valence-corrected chi connectivity index (χ3v) is 5.95. The fourth-order valence-electron chi connectivity index (χ4n) is 4.71. The molecular formula is C24H31NO3. The molecule has 0 atom stereocenters. The van der Waals surface area contributed by atoms with Gasteiger partial charge in [0.05, 0.1) is 5.70 Å². The van der Waals surface area contributed by atoms with Crippen molar-refractivity contribution in [3.63, 3.8) is 0 Å². The quantitative estimate of drug-likeness (QED) is 0.542. The zero-order valence-electron chi connectivity index (χ0n) is 17.6. The summed E-state index contributed by atoms with van der Waals surface area (Å²) in [5, 5.41) is 8.85. The molecule has 1 amide bonds. The van der Waals surface area contributed by atoms with Crippen molar-refractivity contribution in [2.24, 2.45) is 10.8 Å². The summed E-state index contributed by atoms with van der Waals surface area (Å²) in [6.45, 7) is 11.5. The molecule has 1 heterocycles. The summed E-state index contributed by atoms with van der Waals surface area (Å²) in [4.78, 5) is 25.7. The van der Waals surface area contributed by atoms with Crippen LogP contribution in [0.2, 0.25) is 0 Å². The molecule has 4 nitrogen and oxygen atoms in total. The van der Waals surface area contributed by atoms with Crippen molar-refractivity contribution in [1.29, 1.82) is 0 Å². The van der Waals surface area contributed by atoms with E-state index < -0.39 is 5.97 Å². The van der Waals surface area contributed by atoms with Crippen LogP contribution in [-0.4, -0.2) is 28.4 Å². The minimum absolute atomic E-state index is 0.0528. The van der Waals surface area contributed by atoms with Gasteiger partial charge in [0, 0.05) is 18.7 Å². The van der Waals surface area contributed by atoms with E-state index in [1.54, 1.807) is 13.0 Å². The lowest BCUT2D eigenvalue weighted by molar-refractivity contribution is -0.131. The monoisotopic (exact) mass is 381 g/mol. The van der Waals surface area contributed by atoms with Crippen molar-refractivity contribution >= 4 is 11.9 Å².